The first-order valence-corrected chi connectivity index (χ1v) is 20.3. The second-order valence-corrected chi connectivity index (χ2v) is 23.0. The summed E-state index contributed by atoms with van der Waals surface area (Å²) in [6, 6.07) is 15.5. The van der Waals surface area contributed by atoms with Crippen molar-refractivity contribution in [3.05, 3.63) is 71.8 Å². The molecule has 0 nitrogen and oxygen atoms in total. The number of hydrogen-bond donors (Lipinski definition) is 0. The number of allylic oxidation sites excluding steroid dienone is 4. The number of fused-ring (bicyclic) bond motifs is 3. The molecule has 3 heteroatoms. The average molecular weight is 534 g/mol. The molecule has 0 N–H and O–H groups in total. The zero-order chi connectivity index (χ0) is 23.4. The van der Waals surface area contributed by atoms with Crippen LogP contribution >= 0.6 is 0 Å². The van der Waals surface area contributed by atoms with Crippen LogP contribution in [0, 0.1) is 12.1 Å². The Balaban J connectivity index is 0.000000213. The second-order valence-electron chi connectivity index (χ2n) is 11.1. The van der Waals surface area contributed by atoms with Crippen molar-refractivity contribution in [3.63, 3.8) is 0 Å². The molecular formula is C29H38Si2Zr. The first kappa shape index (κ1) is 25.7. The van der Waals surface area contributed by atoms with Gasteiger partial charge in [-0.25, -0.2) is 12.2 Å². The monoisotopic (exact) mass is 532 g/mol. The quantitative estimate of drug-likeness (QED) is 0.253. The Kier molecular flexibility index (Phi) is 8.86. The fraction of sp³-hybridized carbons (Fsp3) is 0.414. The minimum atomic E-state index is -1.27. The van der Waals surface area contributed by atoms with Crippen molar-refractivity contribution < 1.29 is 24.2 Å². The summed E-state index contributed by atoms with van der Waals surface area (Å²) in [4.78, 5) is 0. The third-order valence-corrected chi connectivity index (χ3v) is 11.6. The van der Waals surface area contributed by atoms with Crippen molar-refractivity contribution >= 4 is 29.7 Å². The Bertz CT molecular complexity index is 937. The van der Waals surface area contributed by atoms with Gasteiger partial charge in [0.2, 0.25) is 0 Å². The van der Waals surface area contributed by atoms with Gasteiger partial charge in [-0.2, -0.15) is 35.0 Å². The van der Waals surface area contributed by atoms with E-state index in [9.17, 15) is 0 Å². The van der Waals surface area contributed by atoms with Crippen LogP contribution in [0.1, 0.15) is 43.2 Å². The summed E-state index contributed by atoms with van der Waals surface area (Å²) < 4.78 is 1.79. The van der Waals surface area contributed by atoms with Gasteiger partial charge in [0.1, 0.15) is 0 Å². The molecule has 0 heterocycles. The topological polar surface area (TPSA) is 0 Å². The van der Waals surface area contributed by atoms with E-state index in [4.69, 9.17) is 0 Å². The summed E-state index contributed by atoms with van der Waals surface area (Å²) in [5.74, 6) is 0. The average Bonchev–Trinajstić information content (AvgIpc) is 3.49. The van der Waals surface area contributed by atoms with Crippen LogP contribution in [0.3, 0.4) is 0 Å². The van der Waals surface area contributed by atoms with Crippen molar-refractivity contribution in [2.45, 2.75) is 77.8 Å². The van der Waals surface area contributed by atoms with Crippen molar-refractivity contribution in [1.82, 2.24) is 0 Å². The van der Waals surface area contributed by atoms with Crippen molar-refractivity contribution in [2.24, 2.45) is 0 Å². The molecule has 0 radical (unpaired) electrons. The molecule has 32 heavy (non-hydrogen) atoms. The Morgan fingerprint density at radius 3 is 1.97 bits per heavy atom. The van der Waals surface area contributed by atoms with Crippen LogP contribution in [0.5, 0.6) is 0 Å². The summed E-state index contributed by atoms with van der Waals surface area (Å²) in [5, 5.41) is 3.08. The molecule has 1 saturated carbocycles. The molecule has 0 unspecified atom stereocenters. The van der Waals surface area contributed by atoms with E-state index in [1.165, 1.54) is 53.1 Å². The molecule has 3 aliphatic carbocycles. The number of hydrogen-bond acceptors (Lipinski definition) is 0. The molecule has 0 atom stereocenters. The molecule has 0 aromatic heterocycles. The Morgan fingerprint density at radius 1 is 0.844 bits per heavy atom. The zero-order valence-electron chi connectivity index (χ0n) is 20.9. The van der Waals surface area contributed by atoms with E-state index in [2.05, 4.69) is 87.8 Å². The van der Waals surface area contributed by atoms with Gasteiger partial charge in [0.05, 0.1) is 8.07 Å². The van der Waals surface area contributed by atoms with E-state index in [-0.39, 0.29) is 0 Å². The molecule has 0 bridgehead atoms. The molecule has 166 valence electrons. The summed E-state index contributed by atoms with van der Waals surface area (Å²) in [7, 11) is -2.52. The first-order valence-electron chi connectivity index (χ1n) is 12.0. The molecule has 2 aromatic carbocycles. The van der Waals surface area contributed by atoms with E-state index in [0.717, 1.165) is 12.8 Å². The van der Waals surface area contributed by atoms with Gasteiger partial charge in [-0.3, -0.25) is 6.08 Å². The van der Waals surface area contributed by atoms with E-state index >= 15 is 0 Å². The Labute approximate surface area is 213 Å². The van der Waals surface area contributed by atoms with Crippen molar-refractivity contribution in [1.29, 1.82) is 0 Å². The van der Waals surface area contributed by atoms with Crippen LogP contribution in [-0.2, 0) is 30.7 Å². The second kappa shape index (κ2) is 11.0. The Hall–Kier alpha value is -0.893. The van der Waals surface area contributed by atoms with Crippen LogP contribution in [0.25, 0.3) is 11.1 Å². The predicted molar refractivity (Wildman–Crippen MR) is 145 cm³/mol. The molecule has 0 saturated heterocycles. The molecule has 5 rings (SSSR count). The summed E-state index contributed by atoms with van der Waals surface area (Å²) in [5.41, 5.74) is 5.79. The van der Waals surface area contributed by atoms with Crippen molar-refractivity contribution in [2.75, 3.05) is 0 Å². The summed E-state index contributed by atoms with van der Waals surface area (Å²) in [6.07, 6.45) is 16.9. The maximum atomic E-state index is 3.58. The molecule has 0 aliphatic heterocycles. The normalized spacial score (nSPS) is 16.2. The third kappa shape index (κ3) is 7.05. The van der Waals surface area contributed by atoms with E-state index in [0.29, 0.717) is 0 Å². The van der Waals surface area contributed by atoms with Gasteiger partial charge >= 0.3 is 53.1 Å². The molecule has 0 amide bonds. The van der Waals surface area contributed by atoms with Crippen LogP contribution in [0.2, 0.25) is 39.3 Å². The van der Waals surface area contributed by atoms with E-state index < -0.39 is 16.1 Å². The SMILES string of the molecule is C[Si](C)(C)c1c[c-]c2c(c1)-c1cc([Si](C)(C)C)ccc1C2.[C-]1=CC=CC1.[Zr+2]=[C]1CCCC1. The van der Waals surface area contributed by atoms with Gasteiger partial charge < -0.3 is 0 Å². The van der Waals surface area contributed by atoms with Gasteiger partial charge in [0.15, 0.2) is 0 Å². The van der Waals surface area contributed by atoms with Gasteiger partial charge in [0.25, 0.3) is 0 Å². The fourth-order valence-electron chi connectivity index (χ4n) is 4.13. The van der Waals surface area contributed by atoms with Gasteiger partial charge in [0, 0.05) is 8.07 Å². The molecule has 3 aliphatic rings. The van der Waals surface area contributed by atoms with E-state index in [1.54, 1.807) is 32.6 Å². The maximum absolute atomic E-state index is 3.58. The van der Waals surface area contributed by atoms with Crippen LogP contribution in [-0.4, -0.2) is 19.4 Å². The molecular weight excluding hydrogens is 496 g/mol. The zero-order valence-corrected chi connectivity index (χ0v) is 25.3. The third-order valence-electron chi connectivity index (χ3n) is 6.32. The fourth-order valence-corrected chi connectivity index (χ4v) is 7.24. The summed E-state index contributed by atoms with van der Waals surface area (Å²) in [6.45, 7) is 14.5. The molecule has 1 fully saturated rings. The standard InChI is InChI=1S/C19H25Si2.C5H8.C5H5.Zr/c1-20(2,3)16-9-7-14-11-15-8-10-17(21(4,5)6)13-19(15)18(14)12-16;2*1-2-4-5-3-1;/h7,9-10,12-13H,11H2,1-6H3;1-4H2;1-3H,4H2;/q-1;;-1;+2. The van der Waals surface area contributed by atoms with Gasteiger partial charge in [-0.05, 0) is 6.42 Å². The van der Waals surface area contributed by atoms with Crippen molar-refractivity contribution in [3.8, 4) is 11.1 Å². The predicted octanol–water partition coefficient (Wildman–Crippen LogP) is 6.73. The van der Waals surface area contributed by atoms with Gasteiger partial charge in [-0.1, -0.05) is 73.8 Å². The number of rotatable bonds is 2. The number of benzene rings is 2. The van der Waals surface area contributed by atoms with Crippen LogP contribution in [0.15, 0.2) is 48.6 Å². The Morgan fingerprint density at radius 2 is 1.50 bits per heavy atom. The van der Waals surface area contributed by atoms with Crippen LogP contribution in [0.4, 0.5) is 0 Å². The van der Waals surface area contributed by atoms with E-state index in [1.807, 2.05) is 12.2 Å². The molecule has 2 aromatic rings. The van der Waals surface area contributed by atoms with Gasteiger partial charge in [-0.15, -0.1) is 12.0 Å². The molecule has 0 spiro atoms. The summed E-state index contributed by atoms with van der Waals surface area (Å²) >= 11 is 1.68. The van der Waals surface area contributed by atoms with Crippen LogP contribution < -0.4 is 10.4 Å². The first-order chi connectivity index (χ1) is 15.1. The minimum absolute atomic E-state index is 1.01.